The molecule has 2 aromatic rings. The summed E-state index contributed by atoms with van der Waals surface area (Å²) in [6, 6.07) is 12.8. The number of nitrogens with one attached hydrogen (secondary N) is 2. The van der Waals surface area contributed by atoms with Crippen molar-refractivity contribution in [2.45, 2.75) is 6.54 Å². The lowest BCUT2D eigenvalue weighted by Gasteiger charge is -2.17. The predicted octanol–water partition coefficient (Wildman–Crippen LogP) is 4.05. The monoisotopic (exact) mass is 394 g/mol. The smallest absolute Gasteiger partial charge is 0.251 e. The van der Waals surface area contributed by atoms with E-state index in [1.54, 1.807) is 25.2 Å². The fourth-order valence-electron chi connectivity index (χ4n) is 2.36. The predicted molar refractivity (Wildman–Crippen MR) is 105 cm³/mol. The molecule has 1 amide bonds. The average molecular weight is 395 g/mol. The van der Waals surface area contributed by atoms with Gasteiger partial charge in [-0.1, -0.05) is 35.3 Å². The number of amidine groups is 1. The van der Waals surface area contributed by atoms with Crippen LogP contribution in [0.4, 0.5) is 5.69 Å². The Labute approximate surface area is 160 Å². The Bertz CT molecular complexity index is 828. The van der Waals surface area contributed by atoms with E-state index in [2.05, 4.69) is 19.9 Å². The van der Waals surface area contributed by atoms with E-state index in [0.717, 1.165) is 16.4 Å². The minimum Gasteiger partial charge on any atom is -0.355 e. The number of benzene rings is 2. The molecular formula is C17H16Cl2N4OS. The Morgan fingerprint density at radius 3 is 2.88 bits per heavy atom. The van der Waals surface area contributed by atoms with Crippen molar-refractivity contribution in [3.05, 3.63) is 63.6 Å². The van der Waals surface area contributed by atoms with E-state index < -0.39 is 0 Å². The standard InChI is InChI=1S/C17H16Cl2N4OS/c1-20-16(24)12-4-2-3-11(7-12)9-23-10-21-25-17(23)22-13-5-6-14(18)15(19)8-13/h2-8,21H,9-10H2,1H3,(H,20,24). The van der Waals surface area contributed by atoms with Crippen molar-refractivity contribution in [1.82, 2.24) is 14.9 Å². The van der Waals surface area contributed by atoms with Crippen LogP contribution in [0.1, 0.15) is 15.9 Å². The van der Waals surface area contributed by atoms with E-state index >= 15 is 0 Å². The van der Waals surface area contributed by atoms with Gasteiger partial charge in [-0.05, 0) is 47.8 Å². The molecule has 0 spiro atoms. The molecular weight excluding hydrogens is 379 g/mol. The summed E-state index contributed by atoms with van der Waals surface area (Å²) in [5.74, 6) is -0.0968. The van der Waals surface area contributed by atoms with Crippen molar-refractivity contribution < 1.29 is 4.79 Å². The Morgan fingerprint density at radius 1 is 1.28 bits per heavy atom. The van der Waals surface area contributed by atoms with Gasteiger partial charge in [-0.2, -0.15) is 0 Å². The molecule has 2 aromatic carbocycles. The highest BCUT2D eigenvalue weighted by molar-refractivity contribution is 8.12. The lowest BCUT2D eigenvalue weighted by molar-refractivity contribution is 0.0963. The SMILES string of the molecule is CNC(=O)c1cccc(CN2CNSC2=Nc2ccc(Cl)c(Cl)c2)c1. The van der Waals surface area contributed by atoms with Gasteiger partial charge in [0.15, 0.2) is 5.17 Å². The lowest BCUT2D eigenvalue weighted by atomic mass is 10.1. The largest absolute Gasteiger partial charge is 0.355 e. The zero-order valence-corrected chi connectivity index (χ0v) is 15.8. The van der Waals surface area contributed by atoms with Crippen molar-refractivity contribution in [3.8, 4) is 0 Å². The summed E-state index contributed by atoms with van der Waals surface area (Å²) in [5, 5.41) is 4.46. The molecule has 2 N–H and O–H groups in total. The van der Waals surface area contributed by atoms with E-state index in [-0.39, 0.29) is 5.91 Å². The van der Waals surface area contributed by atoms with Crippen LogP contribution in [-0.2, 0) is 6.54 Å². The second-order valence-corrected chi connectivity index (χ2v) is 7.05. The van der Waals surface area contributed by atoms with Crippen LogP contribution in [0.5, 0.6) is 0 Å². The maximum absolute atomic E-state index is 11.8. The molecule has 1 aliphatic heterocycles. The van der Waals surface area contributed by atoms with Gasteiger partial charge in [0.2, 0.25) is 0 Å². The van der Waals surface area contributed by atoms with Crippen LogP contribution in [0.15, 0.2) is 47.5 Å². The summed E-state index contributed by atoms with van der Waals surface area (Å²) in [4.78, 5) is 18.5. The topological polar surface area (TPSA) is 56.7 Å². The van der Waals surface area contributed by atoms with Gasteiger partial charge in [0.05, 0.1) is 22.4 Å². The van der Waals surface area contributed by atoms with Gasteiger partial charge < -0.3 is 10.2 Å². The molecule has 25 heavy (non-hydrogen) atoms. The van der Waals surface area contributed by atoms with Gasteiger partial charge in [-0.15, -0.1) is 0 Å². The number of hydrogen-bond acceptors (Lipinski definition) is 4. The zero-order chi connectivity index (χ0) is 17.8. The third kappa shape index (κ3) is 4.46. The van der Waals surface area contributed by atoms with Crippen LogP contribution in [0.2, 0.25) is 10.0 Å². The number of rotatable bonds is 4. The highest BCUT2D eigenvalue weighted by Gasteiger charge is 2.20. The molecule has 0 aliphatic carbocycles. The molecule has 1 fully saturated rings. The highest BCUT2D eigenvalue weighted by Crippen LogP contribution is 2.28. The van der Waals surface area contributed by atoms with Gasteiger partial charge in [0, 0.05) is 19.2 Å². The summed E-state index contributed by atoms with van der Waals surface area (Å²) >= 11 is 13.5. The highest BCUT2D eigenvalue weighted by atomic mass is 35.5. The molecule has 8 heteroatoms. The Morgan fingerprint density at radius 2 is 2.12 bits per heavy atom. The number of halogens is 2. The molecule has 0 bridgehead atoms. The van der Waals surface area contributed by atoms with Crippen molar-refractivity contribution >= 4 is 51.9 Å². The van der Waals surface area contributed by atoms with Crippen LogP contribution < -0.4 is 10.0 Å². The molecule has 1 saturated heterocycles. The third-order valence-corrected chi connectivity index (χ3v) is 5.15. The fourth-order valence-corrected chi connectivity index (χ4v) is 3.42. The summed E-state index contributed by atoms with van der Waals surface area (Å²) in [7, 11) is 1.62. The number of carbonyl (C=O) groups is 1. The maximum Gasteiger partial charge on any atom is 0.251 e. The van der Waals surface area contributed by atoms with Crippen molar-refractivity contribution in [1.29, 1.82) is 0 Å². The van der Waals surface area contributed by atoms with E-state index in [0.29, 0.717) is 28.8 Å². The van der Waals surface area contributed by atoms with Gasteiger partial charge in [-0.25, -0.2) is 9.71 Å². The number of carbonyl (C=O) groups excluding carboxylic acids is 1. The van der Waals surface area contributed by atoms with E-state index in [4.69, 9.17) is 23.2 Å². The molecule has 5 nitrogen and oxygen atoms in total. The Hall–Kier alpha value is -1.73. The Kier molecular flexibility index (Phi) is 5.86. The van der Waals surface area contributed by atoms with Crippen LogP contribution in [-0.4, -0.2) is 29.7 Å². The van der Waals surface area contributed by atoms with Gasteiger partial charge in [0.1, 0.15) is 0 Å². The van der Waals surface area contributed by atoms with Crippen LogP contribution in [0.25, 0.3) is 0 Å². The van der Waals surface area contributed by atoms with Crippen LogP contribution in [0.3, 0.4) is 0 Å². The molecule has 0 radical (unpaired) electrons. The molecule has 0 atom stereocenters. The van der Waals surface area contributed by atoms with Crippen LogP contribution in [0, 0.1) is 0 Å². The van der Waals surface area contributed by atoms with E-state index in [1.165, 1.54) is 11.9 Å². The first-order chi connectivity index (χ1) is 12.1. The number of nitrogens with zero attached hydrogens (tertiary/aromatic N) is 2. The third-order valence-electron chi connectivity index (χ3n) is 3.61. The summed E-state index contributed by atoms with van der Waals surface area (Å²) in [5.41, 5.74) is 2.42. The number of hydrogen-bond donors (Lipinski definition) is 2. The fraction of sp³-hybridized carbons (Fsp3) is 0.176. The first-order valence-electron chi connectivity index (χ1n) is 7.56. The molecule has 1 heterocycles. The first kappa shape index (κ1) is 18.1. The first-order valence-corrected chi connectivity index (χ1v) is 9.13. The minimum atomic E-state index is -0.0968. The Balaban J connectivity index is 1.79. The molecule has 0 aromatic heterocycles. The molecule has 130 valence electrons. The summed E-state index contributed by atoms with van der Waals surface area (Å²) in [6.07, 6.45) is 0. The lowest BCUT2D eigenvalue weighted by Crippen LogP contribution is -2.25. The second-order valence-electron chi connectivity index (χ2n) is 5.37. The van der Waals surface area contributed by atoms with Crippen molar-refractivity contribution in [2.24, 2.45) is 4.99 Å². The molecule has 0 saturated carbocycles. The van der Waals surface area contributed by atoms with Gasteiger partial charge in [0.25, 0.3) is 5.91 Å². The number of amides is 1. The quantitative estimate of drug-likeness (QED) is 0.767. The normalized spacial score (nSPS) is 15.6. The van der Waals surface area contributed by atoms with E-state index in [1.807, 2.05) is 24.3 Å². The molecule has 3 rings (SSSR count). The summed E-state index contributed by atoms with van der Waals surface area (Å²) in [6.45, 7) is 1.31. The summed E-state index contributed by atoms with van der Waals surface area (Å²) < 4.78 is 3.21. The van der Waals surface area contributed by atoms with Crippen molar-refractivity contribution in [2.75, 3.05) is 13.7 Å². The van der Waals surface area contributed by atoms with Gasteiger partial charge in [-0.3, -0.25) is 4.79 Å². The number of aliphatic imine (C=N–C) groups is 1. The van der Waals surface area contributed by atoms with Crippen molar-refractivity contribution in [3.63, 3.8) is 0 Å². The molecule has 0 unspecified atom stereocenters. The van der Waals surface area contributed by atoms with E-state index in [9.17, 15) is 4.79 Å². The average Bonchev–Trinajstić information content (AvgIpc) is 3.04. The van der Waals surface area contributed by atoms with Crippen LogP contribution >= 0.6 is 35.1 Å². The maximum atomic E-state index is 11.8. The second kappa shape index (κ2) is 8.10. The minimum absolute atomic E-state index is 0.0968. The molecule has 1 aliphatic rings. The zero-order valence-electron chi connectivity index (χ0n) is 13.4. The van der Waals surface area contributed by atoms with Gasteiger partial charge >= 0.3 is 0 Å².